The average molecular weight is 230 g/mol. The molecule has 1 rings (SSSR count). The van der Waals surface area contributed by atoms with Crippen LogP contribution in [0, 0.1) is 0 Å². The Balaban J connectivity index is 2.96. The smallest absolute Gasteiger partial charge is 0.304 e. The predicted octanol–water partition coefficient (Wildman–Crippen LogP) is 1.56. The third-order valence-corrected chi connectivity index (χ3v) is 2.37. The van der Waals surface area contributed by atoms with Crippen molar-refractivity contribution in [3.05, 3.63) is 28.8 Å². The van der Waals surface area contributed by atoms with Gasteiger partial charge in [0.05, 0.1) is 6.42 Å². The SMILES string of the molecule is NCC(CC(=O)O)c1ccc(Cl)cc1O. The Morgan fingerprint density at radius 1 is 1.53 bits per heavy atom. The van der Waals surface area contributed by atoms with E-state index in [-0.39, 0.29) is 24.6 Å². The van der Waals surface area contributed by atoms with Gasteiger partial charge in [0.2, 0.25) is 0 Å². The number of carbonyl (C=O) groups is 1. The number of hydrogen-bond donors (Lipinski definition) is 3. The van der Waals surface area contributed by atoms with Crippen molar-refractivity contribution in [1.82, 2.24) is 0 Å². The highest BCUT2D eigenvalue weighted by atomic mass is 35.5. The first-order valence-electron chi connectivity index (χ1n) is 4.45. The number of benzene rings is 1. The third-order valence-electron chi connectivity index (χ3n) is 2.14. The number of phenols is 1. The lowest BCUT2D eigenvalue weighted by molar-refractivity contribution is -0.137. The van der Waals surface area contributed by atoms with Gasteiger partial charge in [-0.2, -0.15) is 0 Å². The first-order valence-corrected chi connectivity index (χ1v) is 4.82. The first kappa shape index (κ1) is 11.8. The molecule has 0 fully saturated rings. The Kier molecular flexibility index (Phi) is 3.94. The second-order valence-electron chi connectivity index (χ2n) is 3.23. The lowest BCUT2D eigenvalue weighted by Crippen LogP contribution is -2.16. The number of phenolic OH excluding ortho intramolecular Hbond substituents is 1. The van der Waals surface area contributed by atoms with Gasteiger partial charge in [0.25, 0.3) is 0 Å². The second-order valence-corrected chi connectivity index (χ2v) is 3.67. The van der Waals surface area contributed by atoms with Crippen molar-refractivity contribution in [2.75, 3.05) is 6.54 Å². The summed E-state index contributed by atoms with van der Waals surface area (Å²) in [6.45, 7) is 0.168. The maximum absolute atomic E-state index is 10.6. The van der Waals surface area contributed by atoms with E-state index in [9.17, 15) is 9.90 Å². The van der Waals surface area contributed by atoms with Gasteiger partial charge >= 0.3 is 5.97 Å². The Morgan fingerprint density at radius 2 is 2.20 bits per heavy atom. The Labute approximate surface area is 92.3 Å². The molecule has 0 saturated heterocycles. The Bertz CT molecular complexity index is 368. The topological polar surface area (TPSA) is 83.6 Å². The summed E-state index contributed by atoms with van der Waals surface area (Å²) >= 11 is 5.66. The largest absolute Gasteiger partial charge is 0.508 e. The van der Waals surface area contributed by atoms with Crippen molar-refractivity contribution in [3.63, 3.8) is 0 Å². The molecule has 0 heterocycles. The van der Waals surface area contributed by atoms with Gasteiger partial charge < -0.3 is 15.9 Å². The number of aliphatic carboxylic acids is 1. The molecule has 1 unspecified atom stereocenters. The maximum atomic E-state index is 10.6. The van der Waals surface area contributed by atoms with Gasteiger partial charge in [-0.1, -0.05) is 17.7 Å². The molecule has 82 valence electrons. The summed E-state index contributed by atoms with van der Waals surface area (Å²) in [5, 5.41) is 18.6. The fraction of sp³-hybridized carbons (Fsp3) is 0.300. The minimum atomic E-state index is -0.945. The van der Waals surface area contributed by atoms with Crippen molar-refractivity contribution < 1.29 is 15.0 Å². The van der Waals surface area contributed by atoms with Crippen LogP contribution in [0.5, 0.6) is 5.75 Å². The summed E-state index contributed by atoms with van der Waals surface area (Å²) in [5.41, 5.74) is 5.97. The van der Waals surface area contributed by atoms with Crippen LogP contribution < -0.4 is 5.73 Å². The molecule has 5 heteroatoms. The van der Waals surface area contributed by atoms with Crippen LogP contribution in [0.4, 0.5) is 0 Å². The summed E-state index contributed by atoms with van der Waals surface area (Å²) in [6, 6.07) is 4.57. The molecule has 0 bridgehead atoms. The van der Waals surface area contributed by atoms with Crippen LogP contribution in [0.3, 0.4) is 0 Å². The number of rotatable bonds is 4. The number of halogens is 1. The normalized spacial score (nSPS) is 12.4. The quantitative estimate of drug-likeness (QED) is 0.732. The molecule has 0 amide bonds. The molecule has 4 nitrogen and oxygen atoms in total. The zero-order valence-electron chi connectivity index (χ0n) is 7.98. The lowest BCUT2D eigenvalue weighted by Gasteiger charge is -2.14. The van der Waals surface area contributed by atoms with E-state index in [1.54, 1.807) is 12.1 Å². The number of hydrogen-bond acceptors (Lipinski definition) is 3. The molecule has 0 aliphatic rings. The highest BCUT2D eigenvalue weighted by Crippen LogP contribution is 2.29. The van der Waals surface area contributed by atoms with Crippen LogP contribution in [-0.2, 0) is 4.79 Å². The number of aromatic hydroxyl groups is 1. The van der Waals surface area contributed by atoms with Gasteiger partial charge in [0.15, 0.2) is 0 Å². The van der Waals surface area contributed by atoms with Gasteiger partial charge in [-0.15, -0.1) is 0 Å². The van der Waals surface area contributed by atoms with Gasteiger partial charge in [-0.25, -0.2) is 0 Å². The summed E-state index contributed by atoms with van der Waals surface area (Å²) in [4.78, 5) is 10.6. The number of carboxylic acids is 1. The Morgan fingerprint density at radius 3 is 2.67 bits per heavy atom. The third kappa shape index (κ3) is 3.11. The minimum Gasteiger partial charge on any atom is -0.508 e. The summed E-state index contributed by atoms with van der Waals surface area (Å²) < 4.78 is 0. The van der Waals surface area contributed by atoms with E-state index in [0.29, 0.717) is 10.6 Å². The van der Waals surface area contributed by atoms with E-state index in [1.807, 2.05) is 0 Å². The fourth-order valence-electron chi connectivity index (χ4n) is 1.39. The molecule has 0 saturated carbocycles. The van der Waals surface area contributed by atoms with Crippen molar-refractivity contribution in [1.29, 1.82) is 0 Å². The lowest BCUT2D eigenvalue weighted by atomic mass is 9.95. The molecule has 0 aliphatic carbocycles. The molecule has 0 aromatic heterocycles. The molecule has 0 radical (unpaired) electrons. The molecular weight excluding hydrogens is 218 g/mol. The van der Waals surface area contributed by atoms with E-state index < -0.39 is 5.97 Å². The van der Waals surface area contributed by atoms with E-state index >= 15 is 0 Å². The van der Waals surface area contributed by atoms with Gasteiger partial charge in [-0.3, -0.25) is 4.79 Å². The van der Waals surface area contributed by atoms with Crippen LogP contribution in [-0.4, -0.2) is 22.7 Å². The molecular formula is C10H12ClNO3. The van der Waals surface area contributed by atoms with Crippen molar-refractivity contribution in [2.45, 2.75) is 12.3 Å². The second kappa shape index (κ2) is 5.00. The van der Waals surface area contributed by atoms with E-state index in [4.69, 9.17) is 22.4 Å². The zero-order chi connectivity index (χ0) is 11.4. The van der Waals surface area contributed by atoms with Gasteiger partial charge in [0, 0.05) is 10.9 Å². The molecule has 4 N–H and O–H groups in total. The highest BCUT2D eigenvalue weighted by Gasteiger charge is 2.17. The van der Waals surface area contributed by atoms with Crippen molar-refractivity contribution in [2.24, 2.45) is 5.73 Å². The first-order chi connectivity index (χ1) is 7.04. The minimum absolute atomic E-state index is 0.0146. The van der Waals surface area contributed by atoms with Crippen LogP contribution in [0.15, 0.2) is 18.2 Å². The van der Waals surface area contributed by atoms with Gasteiger partial charge in [0.1, 0.15) is 5.75 Å². The maximum Gasteiger partial charge on any atom is 0.304 e. The van der Waals surface area contributed by atoms with Crippen LogP contribution in [0.25, 0.3) is 0 Å². The standard InChI is InChI=1S/C10H12ClNO3/c11-7-1-2-8(9(13)4-7)6(5-12)3-10(14)15/h1-2,4,6,13H,3,5,12H2,(H,14,15). The summed E-state index contributed by atoms with van der Waals surface area (Å²) in [5.74, 6) is -1.35. The molecule has 1 aromatic rings. The van der Waals surface area contributed by atoms with Crippen LogP contribution in [0.2, 0.25) is 5.02 Å². The fourth-order valence-corrected chi connectivity index (χ4v) is 1.56. The van der Waals surface area contributed by atoms with E-state index in [0.717, 1.165) is 0 Å². The molecule has 0 spiro atoms. The zero-order valence-corrected chi connectivity index (χ0v) is 8.74. The summed E-state index contributed by atoms with van der Waals surface area (Å²) in [6.07, 6.45) is -0.105. The summed E-state index contributed by atoms with van der Waals surface area (Å²) in [7, 11) is 0. The molecule has 0 aliphatic heterocycles. The molecule has 1 atom stereocenters. The predicted molar refractivity (Wildman–Crippen MR) is 57.2 cm³/mol. The molecule has 15 heavy (non-hydrogen) atoms. The van der Waals surface area contributed by atoms with Crippen molar-refractivity contribution in [3.8, 4) is 5.75 Å². The average Bonchev–Trinajstić information content (AvgIpc) is 2.14. The van der Waals surface area contributed by atoms with E-state index in [2.05, 4.69) is 0 Å². The Hall–Kier alpha value is -1.26. The highest BCUT2D eigenvalue weighted by molar-refractivity contribution is 6.30. The van der Waals surface area contributed by atoms with E-state index in [1.165, 1.54) is 6.07 Å². The monoisotopic (exact) mass is 229 g/mol. The van der Waals surface area contributed by atoms with Gasteiger partial charge in [-0.05, 0) is 24.2 Å². The van der Waals surface area contributed by atoms with Crippen LogP contribution >= 0.6 is 11.6 Å². The number of carboxylic acid groups (broad SMARTS) is 1. The molecule has 1 aromatic carbocycles. The van der Waals surface area contributed by atoms with Crippen LogP contribution in [0.1, 0.15) is 17.9 Å². The number of nitrogens with two attached hydrogens (primary N) is 1. The van der Waals surface area contributed by atoms with Crippen molar-refractivity contribution >= 4 is 17.6 Å².